The molecule has 7 heteroatoms. The van der Waals surface area contributed by atoms with Crippen molar-refractivity contribution >= 4 is 32.9 Å². The van der Waals surface area contributed by atoms with Crippen molar-refractivity contribution in [2.75, 3.05) is 7.11 Å². The number of fused-ring (bicyclic) bond motifs is 1. The van der Waals surface area contributed by atoms with Crippen LogP contribution in [0.15, 0.2) is 15.6 Å². The van der Waals surface area contributed by atoms with Crippen molar-refractivity contribution in [2.24, 2.45) is 0 Å². The van der Waals surface area contributed by atoms with E-state index in [4.69, 9.17) is 4.74 Å². The summed E-state index contributed by atoms with van der Waals surface area (Å²) in [6, 6.07) is 0. The van der Waals surface area contributed by atoms with Crippen LogP contribution in [0, 0.1) is 6.92 Å². The average Bonchev–Trinajstić information content (AvgIpc) is 2.97. The molecule has 0 aromatic carbocycles. The molecule has 3 aromatic rings. The summed E-state index contributed by atoms with van der Waals surface area (Å²) in [5.41, 5.74) is 1.44. The lowest BCUT2D eigenvalue weighted by molar-refractivity contribution is 0.186. The molecule has 0 saturated heterocycles. The first-order chi connectivity index (χ1) is 9.19. The topological polar surface area (TPSA) is 67.9 Å². The third-order valence-electron chi connectivity index (χ3n) is 2.68. The number of hydrogen-bond acceptors (Lipinski definition) is 6. The van der Waals surface area contributed by atoms with Crippen LogP contribution in [0.25, 0.3) is 21.7 Å². The van der Waals surface area contributed by atoms with Gasteiger partial charge in [-0.15, -0.1) is 22.7 Å². The highest BCUT2D eigenvalue weighted by atomic mass is 32.1. The predicted octanol–water partition coefficient (Wildman–Crippen LogP) is 2.56. The number of thiophene rings is 1. The third-order valence-corrected chi connectivity index (χ3v) is 4.38. The molecule has 0 fully saturated rings. The fourth-order valence-electron chi connectivity index (χ4n) is 1.86. The van der Waals surface area contributed by atoms with Gasteiger partial charge < -0.3 is 9.72 Å². The maximum atomic E-state index is 12.2. The SMILES string of the molecule is COCc1csc2nc(-c3csc(C)n3)[nH]c(=O)c12. The van der Waals surface area contributed by atoms with Crippen LogP contribution in [-0.4, -0.2) is 22.1 Å². The van der Waals surface area contributed by atoms with E-state index in [9.17, 15) is 4.79 Å². The number of nitrogens with zero attached hydrogens (tertiary/aromatic N) is 2. The van der Waals surface area contributed by atoms with E-state index < -0.39 is 0 Å². The number of nitrogens with one attached hydrogen (secondary N) is 1. The van der Waals surface area contributed by atoms with E-state index in [1.807, 2.05) is 17.7 Å². The second-order valence-corrected chi connectivity index (χ2v) is 5.96. The molecule has 0 radical (unpaired) electrons. The average molecular weight is 293 g/mol. The van der Waals surface area contributed by atoms with E-state index in [2.05, 4.69) is 15.0 Å². The number of rotatable bonds is 3. The summed E-state index contributed by atoms with van der Waals surface area (Å²) in [4.78, 5) is 24.5. The van der Waals surface area contributed by atoms with Gasteiger partial charge in [-0.1, -0.05) is 0 Å². The number of aromatic amines is 1. The maximum Gasteiger partial charge on any atom is 0.260 e. The van der Waals surface area contributed by atoms with Crippen molar-refractivity contribution in [3.63, 3.8) is 0 Å². The fourth-order valence-corrected chi connectivity index (χ4v) is 3.39. The Hall–Kier alpha value is -1.57. The van der Waals surface area contributed by atoms with E-state index in [1.54, 1.807) is 7.11 Å². The van der Waals surface area contributed by atoms with Gasteiger partial charge in [-0.2, -0.15) is 0 Å². The van der Waals surface area contributed by atoms with Crippen molar-refractivity contribution in [1.82, 2.24) is 15.0 Å². The van der Waals surface area contributed by atoms with Crippen LogP contribution in [0.2, 0.25) is 0 Å². The molecule has 5 nitrogen and oxygen atoms in total. The van der Waals surface area contributed by atoms with Gasteiger partial charge in [0.05, 0.1) is 17.0 Å². The highest BCUT2D eigenvalue weighted by Gasteiger charge is 2.13. The summed E-state index contributed by atoms with van der Waals surface area (Å²) in [5.74, 6) is 0.521. The smallest absolute Gasteiger partial charge is 0.260 e. The van der Waals surface area contributed by atoms with Crippen LogP contribution in [-0.2, 0) is 11.3 Å². The second-order valence-electron chi connectivity index (χ2n) is 4.04. The van der Waals surface area contributed by atoms with Crippen molar-refractivity contribution in [1.29, 1.82) is 0 Å². The first-order valence-electron chi connectivity index (χ1n) is 5.61. The zero-order valence-electron chi connectivity index (χ0n) is 10.4. The molecule has 0 spiro atoms. The molecule has 0 saturated carbocycles. The van der Waals surface area contributed by atoms with Gasteiger partial charge in [-0.3, -0.25) is 4.79 Å². The first kappa shape index (κ1) is 12.5. The Labute approximate surface area is 116 Å². The minimum Gasteiger partial charge on any atom is -0.380 e. The lowest BCUT2D eigenvalue weighted by atomic mass is 10.2. The minimum absolute atomic E-state index is 0.140. The van der Waals surface area contributed by atoms with Crippen LogP contribution < -0.4 is 5.56 Å². The molecule has 3 rings (SSSR count). The summed E-state index contributed by atoms with van der Waals surface area (Å²) < 4.78 is 5.08. The van der Waals surface area contributed by atoms with E-state index in [-0.39, 0.29) is 5.56 Å². The molecular formula is C12H11N3O2S2. The number of hydrogen-bond donors (Lipinski definition) is 1. The van der Waals surface area contributed by atoms with Crippen LogP contribution in [0.4, 0.5) is 0 Å². The fraction of sp³-hybridized carbons (Fsp3) is 0.250. The standard InChI is InChI=1S/C12H11N3O2S2/c1-6-13-8(5-18-6)10-14-11(16)9-7(3-17-2)4-19-12(9)15-10/h4-5H,3H2,1-2H3,(H,14,15,16). The number of ether oxygens (including phenoxy) is 1. The normalized spacial score (nSPS) is 11.3. The van der Waals surface area contributed by atoms with Gasteiger partial charge in [0.15, 0.2) is 5.82 Å². The Morgan fingerprint density at radius 2 is 2.16 bits per heavy atom. The molecule has 0 amide bonds. The molecule has 3 aromatic heterocycles. The lowest BCUT2D eigenvalue weighted by Crippen LogP contribution is -2.10. The Bertz CT molecular complexity index is 788. The summed E-state index contributed by atoms with van der Waals surface area (Å²) >= 11 is 2.98. The summed E-state index contributed by atoms with van der Waals surface area (Å²) in [6.45, 7) is 2.34. The van der Waals surface area contributed by atoms with Crippen LogP contribution in [0.1, 0.15) is 10.6 Å². The van der Waals surface area contributed by atoms with Crippen LogP contribution in [0.3, 0.4) is 0 Å². The molecule has 0 aliphatic heterocycles. The summed E-state index contributed by atoms with van der Waals surface area (Å²) in [6.07, 6.45) is 0. The number of H-pyrrole nitrogens is 1. The Morgan fingerprint density at radius 1 is 1.32 bits per heavy atom. The van der Waals surface area contributed by atoms with Crippen molar-refractivity contribution < 1.29 is 4.74 Å². The van der Waals surface area contributed by atoms with Crippen LogP contribution >= 0.6 is 22.7 Å². The van der Waals surface area contributed by atoms with E-state index in [0.29, 0.717) is 23.5 Å². The highest BCUT2D eigenvalue weighted by Crippen LogP contribution is 2.24. The van der Waals surface area contributed by atoms with Crippen molar-refractivity contribution in [3.8, 4) is 11.5 Å². The Balaban J connectivity index is 2.18. The van der Waals surface area contributed by atoms with Gasteiger partial charge in [0, 0.05) is 18.1 Å². The van der Waals surface area contributed by atoms with E-state index in [1.165, 1.54) is 22.7 Å². The van der Waals surface area contributed by atoms with Crippen molar-refractivity contribution in [3.05, 3.63) is 31.7 Å². The van der Waals surface area contributed by atoms with Crippen molar-refractivity contribution in [2.45, 2.75) is 13.5 Å². The Kier molecular flexibility index (Phi) is 3.17. The zero-order valence-corrected chi connectivity index (χ0v) is 12.0. The molecule has 98 valence electrons. The summed E-state index contributed by atoms with van der Waals surface area (Å²) in [7, 11) is 1.61. The largest absolute Gasteiger partial charge is 0.380 e. The van der Waals surface area contributed by atoms with Crippen LogP contribution in [0.5, 0.6) is 0 Å². The van der Waals surface area contributed by atoms with E-state index in [0.717, 1.165) is 15.4 Å². The summed E-state index contributed by atoms with van der Waals surface area (Å²) in [5, 5.41) is 5.36. The minimum atomic E-state index is -0.140. The molecule has 0 bridgehead atoms. The first-order valence-corrected chi connectivity index (χ1v) is 7.37. The molecular weight excluding hydrogens is 282 g/mol. The lowest BCUT2D eigenvalue weighted by Gasteiger charge is -1.99. The third kappa shape index (κ3) is 2.20. The molecule has 1 N–H and O–H groups in total. The molecule has 0 aliphatic carbocycles. The number of thiazole rings is 1. The highest BCUT2D eigenvalue weighted by molar-refractivity contribution is 7.16. The molecule has 19 heavy (non-hydrogen) atoms. The zero-order chi connectivity index (χ0) is 13.4. The number of aromatic nitrogens is 3. The molecule has 3 heterocycles. The van der Waals surface area contributed by atoms with Gasteiger partial charge >= 0.3 is 0 Å². The number of aryl methyl sites for hydroxylation is 1. The molecule has 0 atom stereocenters. The quantitative estimate of drug-likeness (QED) is 0.806. The van der Waals surface area contributed by atoms with Gasteiger partial charge in [0.1, 0.15) is 10.5 Å². The number of methoxy groups -OCH3 is 1. The Morgan fingerprint density at radius 3 is 2.84 bits per heavy atom. The molecule has 0 aliphatic rings. The molecule has 0 unspecified atom stereocenters. The predicted molar refractivity (Wildman–Crippen MR) is 76.8 cm³/mol. The van der Waals surface area contributed by atoms with Gasteiger partial charge in [-0.05, 0) is 12.3 Å². The monoisotopic (exact) mass is 293 g/mol. The van der Waals surface area contributed by atoms with E-state index >= 15 is 0 Å². The van der Waals surface area contributed by atoms with Gasteiger partial charge in [-0.25, -0.2) is 9.97 Å². The van der Waals surface area contributed by atoms with Gasteiger partial charge in [0.2, 0.25) is 0 Å². The second kappa shape index (κ2) is 4.84. The maximum absolute atomic E-state index is 12.2. The van der Waals surface area contributed by atoms with Gasteiger partial charge in [0.25, 0.3) is 5.56 Å².